The summed E-state index contributed by atoms with van der Waals surface area (Å²) < 4.78 is 30.7. The van der Waals surface area contributed by atoms with Crippen LogP contribution in [0, 0.1) is 6.92 Å². The normalized spacial score (nSPS) is 9.78. The predicted molar refractivity (Wildman–Crippen MR) is 78.5 cm³/mol. The van der Waals surface area contributed by atoms with Crippen molar-refractivity contribution in [3.05, 3.63) is 36.8 Å². The number of thioether (sulfide) groups is 1. The number of halogens is 3. The number of hydrogen-bond acceptors (Lipinski definition) is 4. The van der Waals surface area contributed by atoms with Crippen LogP contribution < -0.4 is 11.1 Å². The molecule has 0 aliphatic carbocycles. The van der Waals surface area contributed by atoms with Crippen molar-refractivity contribution in [3.8, 4) is 0 Å². The van der Waals surface area contributed by atoms with Gasteiger partial charge >= 0.3 is 0 Å². The largest absolute Gasteiger partial charge is 0.361 e. The molecule has 1 aromatic rings. The van der Waals surface area contributed by atoms with Crippen LogP contribution in [0.15, 0.2) is 24.3 Å². The molecule has 5 nitrogen and oxygen atoms in total. The Labute approximate surface area is 149 Å². The van der Waals surface area contributed by atoms with E-state index in [9.17, 15) is 27.6 Å². The molecule has 23 heavy (non-hydrogen) atoms. The second-order valence-electron chi connectivity index (χ2n) is 3.90. The van der Waals surface area contributed by atoms with Crippen molar-refractivity contribution in [1.82, 2.24) is 0 Å². The summed E-state index contributed by atoms with van der Waals surface area (Å²) in [6, 6.07) is 6.51. The molecule has 0 bridgehead atoms. The first-order chi connectivity index (χ1) is 9.99. The molecule has 0 aliphatic rings. The van der Waals surface area contributed by atoms with E-state index in [4.69, 9.17) is 5.73 Å². The van der Waals surface area contributed by atoms with E-state index in [1.54, 1.807) is 31.2 Å². The second kappa shape index (κ2) is 11.2. The third kappa shape index (κ3) is 15.3. The molecule has 1 aromatic carbocycles. The van der Waals surface area contributed by atoms with Gasteiger partial charge in [-0.1, -0.05) is 11.8 Å². The van der Waals surface area contributed by atoms with E-state index in [1.807, 2.05) is 0 Å². The summed E-state index contributed by atoms with van der Waals surface area (Å²) in [7, 11) is 0. The van der Waals surface area contributed by atoms with Gasteiger partial charge in [0, 0.05) is 32.3 Å². The molecular formula is C13H14F3N2O3SW-. The van der Waals surface area contributed by atoms with Crippen molar-refractivity contribution in [2.75, 3.05) is 11.1 Å². The number of nitrogens with one attached hydrogen (secondary N) is 1. The van der Waals surface area contributed by atoms with E-state index >= 15 is 0 Å². The number of alkyl halides is 3. The minimum absolute atomic E-state index is 0. The Hall–Kier alpha value is -1.34. The topological polar surface area (TPSA) is 89.3 Å². The zero-order valence-corrected chi connectivity index (χ0v) is 15.7. The molecule has 0 fully saturated rings. The van der Waals surface area contributed by atoms with Gasteiger partial charge in [-0.3, -0.25) is 14.4 Å². The molecule has 2 amide bonds. The van der Waals surface area contributed by atoms with E-state index < -0.39 is 11.4 Å². The summed E-state index contributed by atoms with van der Waals surface area (Å²) in [5.41, 5.74) is 6.05. The number of anilines is 1. The Morgan fingerprint density at radius 2 is 1.65 bits per heavy atom. The first kappa shape index (κ1) is 23.9. The summed E-state index contributed by atoms with van der Waals surface area (Å²) in [6.45, 7) is 3.24. The Kier molecular flexibility index (Phi) is 11.7. The molecule has 0 saturated carbocycles. The van der Waals surface area contributed by atoms with Crippen molar-refractivity contribution in [2.45, 2.75) is 13.1 Å². The van der Waals surface area contributed by atoms with Crippen LogP contribution in [0.4, 0.5) is 23.7 Å². The number of carbonyl (C=O) groups excluding carboxylic acids is 3. The number of primary amides is 1. The van der Waals surface area contributed by atoms with Gasteiger partial charge in [-0.15, -0.1) is 0 Å². The maximum Gasteiger partial charge on any atom is 0.276 e. The first-order valence-corrected chi connectivity index (χ1v) is 6.72. The molecular weight excluding hydrogens is 505 g/mol. The van der Waals surface area contributed by atoms with Gasteiger partial charge in [-0.25, -0.2) is 20.1 Å². The molecule has 0 aromatic heterocycles. The molecule has 0 aliphatic heterocycles. The fraction of sp³-hybridized carbons (Fsp3) is 0.231. The minimum Gasteiger partial charge on any atom is -0.361 e. The SMILES string of the molecule is CC(=O)c1ccc(NC(=O)CSC(N)=O)cc1.[CH2-]C(F)(F)F.[W]. The van der Waals surface area contributed by atoms with E-state index in [2.05, 4.69) is 5.32 Å². The Balaban J connectivity index is 0. The van der Waals surface area contributed by atoms with Crippen LogP contribution in [0.25, 0.3) is 0 Å². The molecule has 10 heteroatoms. The summed E-state index contributed by atoms with van der Waals surface area (Å²) >= 11 is 0.739. The quantitative estimate of drug-likeness (QED) is 0.473. The standard InChI is InChI=1S/C11H12N2O3S.C2H2F3.W/c1-7(14)8-2-4-9(5-3-8)13-10(15)6-17-11(12)16;1-2(3,4)5;/h2-5H,6H2,1H3,(H2,12,16)(H,13,15);1H2;/q;-1;. The van der Waals surface area contributed by atoms with Gasteiger partial charge in [0.2, 0.25) is 5.91 Å². The third-order valence-electron chi connectivity index (χ3n) is 1.92. The van der Waals surface area contributed by atoms with Crippen LogP contribution in [0.1, 0.15) is 17.3 Å². The van der Waals surface area contributed by atoms with Crippen LogP contribution in [-0.4, -0.2) is 28.9 Å². The van der Waals surface area contributed by atoms with Gasteiger partial charge in [0.05, 0.1) is 5.75 Å². The van der Waals surface area contributed by atoms with E-state index in [0.717, 1.165) is 11.8 Å². The molecule has 0 unspecified atom stereocenters. The number of ketones is 1. The molecule has 1 rings (SSSR count). The minimum atomic E-state index is -4.25. The maximum absolute atomic E-state index is 11.3. The smallest absolute Gasteiger partial charge is 0.276 e. The van der Waals surface area contributed by atoms with Gasteiger partial charge in [0.1, 0.15) is 0 Å². The summed E-state index contributed by atoms with van der Waals surface area (Å²) in [5, 5.41) is 1.99. The number of Topliss-reactive ketones (excluding diaryl/α,β-unsaturated/α-hetero) is 1. The fourth-order valence-corrected chi connectivity index (χ4v) is 1.47. The number of rotatable bonds is 4. The van der Waals surface area contributed by atoms with Crippen molar-refractivity contribution in [3.63, 3.8) is 0 Å². The number of benzene rings is 1. The Bertz CT molecular complexity index is 530. The fourth-order valence-electron chi connectivity index (χ4n) is 1.12. The van der Waals surface area contributed by atoms with Gasteiger partial charge in [0.15, 0.2) is 5.78 Å². The van der Waals surface area contributed by atoms with Crippen LogP contribution in [0.5, 0.6) is 0 Å². The van der Waals surface area contributed by atoms with Gasteiger partial charge in [0.25, 0.3) is 11.4 Å². The van der Waals surface area contributed by atoms with Crippen molar-refractivity contribution in [1.29, 1.82) is 0 Å². The number of nitrogens with two attached hydrogens (primary N) is 1. The summed E-state index contributed by atoms with van der Waals surface area (Å²) in [6.07, 6.45) is -4.25. The number of hydrogen-bond donors (Lipinski definition) is 2. The van der Waals surface area contributed by atoms with Crippen LogP contribution in [0.2, 0.25) is 0 Å². The Morgan fingerprint density at radius 3 is 2.00 bits per heavy atom. The van der Waals surface area contributed by atoms with E-state index in [0.29, 0.717) is 11.3 Å². The first-order valence-electron chi connectivity index (χ1n) is 5.74. The van der Waals surface area contributed by atoms with Gasteiger partial charge < -0.3 is 11.1 Å². The van der Waals surface area contributed by atoms with E-state index in [-0.39, 0.29) is 38.5 Å². The van der Waals surface area contributed by atoms with E-state index in [1.165, 1.54) is 6.92 Å². The average Bonchev–Trinajstić information content (AvgIpc) is 2.35. The third-order valence-corrected chi connectivity index (χ3v) is 2.61. The summed E-state index contributed by atoms with van der Waals surface area (Å²) in [4.78, 5) is 32.8. The van der Waals surface area contributed by atoms with Crippen molar-refractivity contribution < 1.29 is 48.6 Å². The molecule has 0 radical (unpaired) electrons. The zero-order chi connectivity index (χ0) is 17.3. The molecule has 3 N–H and O–H groups in total. The molecule has 128 valence electrons. The number of amides is 2. The Morgan fingerprint density at radius 1 is 1.22 bits per heavy atom. The van der Waals surface area contributed by atoms with Crippen LogP contribution in [0.3, 0.4) is 0 Å². The number of carbonyl (C=O) groups is 3. The second-order valence-corrected chi connectivity index (χ2v) is 4.88. The predicted octanol–water partition coefficient (Wildman–Crippen LogP) is 3.02. The molecule has 0 saturated heterocycles. The zero-order valence-electron chi connectivity index (χ0n) is 12.0. The van der Waals surface area contributed by atoms with Crippen LogP contribution >= 0.6 is 11.8 Å². The maximum atomic E-state index is 11.3. The van der Waals surface area contributed by atoms with Crippen LogP contribution in [-0.2, 0) is 25.9 Å². The molecule has 0 atom stereocenters. The summed E-state index contributed by atoms with van der Waals surface area (Å²) in [5.74, 6) is -0.374. The van der Waals surface area contributed by atoms with Gasteiger partial charge in [-0.05, 0) is 31.2 Å². The monoisotopic (exact) mass is 519 g/mol. The van der Waals surface area contributed by atoms with Crippen molar-refractivity contribution >= 4 is 34.4 Å². The molecule has 0 spiro atoms. The molecule has 0 heterocycles. The average molecular weight is 519 g/mol. The van der Waals surface area contributed by atoms with Crippen molar-refractivity contribution in [2.24, 2.45) is 5.73 Å². The van der Waals surface area contributed by atoms with Gasteiger partial charge in [-0.2, -0.15) is 0 Å².